The summed E-state index contributed by atoms with van der Waals surface area (Å²) in [6.07, 6.45) is 0. The summed E-state index contributed by atoms with van der Waals surface area (Å²) >= 11 is 6.35. The molecule has 0 amide bonds. The predicted molar refractivity (Wildman–Crippen MR) is 155 cm³/mol. The van der Waals surface area contributed by atoms with Crippen LogP contribution in [0.15, 0.2) is 127 Å². The van der Waals surface area contributed by atoms with Crippen LogP contribution in [-0.4, -0.2) is 19.5 Å². The average Bonchev–Trinajstić information content (AvgIpc) is 3.32. The van der Waals surface area contributed by atoms with Gasteiger partial charge in [0.1, 0.15) is 0 Å². The first kappa shape index (κ1) is 22.4. The fraction of sp³-hybridized carbons (Fsp3) is 0. The Kier molecular flexibility index (Phi) is 5.46. The second kappa shape index (κ2) is 9.25. The maximum absolute atomic E-state index is 6.35. The van der Waals surface area contributed by atoms with E-state index in [1.54, 1.807) is 0 Å². The molecule has 0 aliphatic rings. The second-order valence-electron chi connectivity index (χ2n) is 9.11. The van der Waals surface area contributed by atoms with Gasteiger partial charge in [0.05, 0.1) is 11.0 Å². The van der Waals surface area contributed by atoms with Crippen LogP contribution in [0.4, 0.5) is 0 Å². The molecule has 0 fully saturated rings. The molecule has 4 nitrogen and oxygen atoms in total. The molecule has 0 spiro atoms. The van der Waals surface area contributed by atoms with Gasteiger partial charge in [-0.25, -0.2) is 4.98 Å². The molecule has 38 heavy (non-hydrogen) atoms. The third kappa shape index (κ3) is 3.92. The van der Waals surface area contributed by atoms with Crippen molar-refractivity contribution in [2.45, 2.75) is 0 Å². The highest BCUT2D eigenvalue weighted by molar-refractivity contribution is 6.28. The van der Waals surface area contributed by atoms with Crippen LogP contribution >= 0.6 is 11.6 Å². The van der Waals surface area contributed by atoms with Gasteiger partial charge in [-0.15, -0.1) is 0 Å². The molecule has 2 aromatic heterocycles. The zero-order valence-corrected chi connectivity index (χ0v) is 21.0. The highest BCUT2D eigenvalue weighted by Crippen LogP contribution is 2.32. The Bertz CT molecular complexity index is 1850. The van der Waals surface area contributed by atoms with Gasteiger partial charge in [0, 0.05) is 27.6 Å². The van der Waals surface area contributed by atoms with E-state index in [1.807, 2.05) is 42.5 Å². The monoisotopic (exact) mass is 508 g/mol. The van der Waals surface area contributed by atoms with Crippen molar-refractivity contribution in [2.24, 2.45) is 0 Å². The number of aromatic nitrogens is 4. The molecule has 2 heterocycles. The van der Waals surface area contributed by atoms with Crippen LogP contribution in [0.1, 0.15) is 0 Å². The number of hydrogen-bond donors (Lipinski definition) is 0. The molecule has 0 aliphatic carbocycles. The van der Waals surface area contributed by atoms with Crippen LogP contribution in [0.3, 0.4) is 0 Å². The summed E-state index contributed by atoms with van der Waals surface area (Å²) in [5, 5.41) is 2.64. The highest BCUT2D eigenvalue weighted by Gasteiger charge is 2.13. The maximum Gasteiger partial charge on any atom is 0.226 e. The van der Waals surface area contributed by atoms with Gasteiger partial charge >= 0.3 is 0 Å². The van der Waals surface area contributed by atoms with E-state index in [4.69, 9.17) is 16.6 Å². The normalized spacial score (nSPS) is 11.3. The van der Waals surface area contributed by atoms with Crippen LogP contribution in [0.2, 0.25) is 5.28 Å². The van der Waals surface area contributed by atoms with E-state index in [0.29, 0.717) is 11.6 Å². The van der Waals surface area contributed by atoms with Crippen LogP contribution in [-0.2, 0) is 0 Å². The molecular weight excluding hydrogens is 488 g/mol. The van der Waals surface area contributed by atoms with Gasteiger partial charge in [-0.2, -0.15) is 9.97 Å². The Morgan fingerprint density at radius 3 is 1.45 bits per heavy atom. The van der Waals surface area contributed by atoms with Crippen LogP contribution in [0.5, 0.6) is 0 Å². The molecule has 0 radical (unpaired) electrons. The lowest BCUT2D eigenvalue weighted by Crippen LogP contribution is -1.98. The standard InChI is InChI=1S/C33H21ClN4/c34-33-36-31(24-16-14-23(15-17-24)22-8-2-1-3-9-22)35-32(37-33)25-18-20-26(21-19-25)38-29-12-6-4-10-27(29)28-11-5-7-13-30(28)38/h1-21H. The lowest BCUT2D eigenvalue weighted by Gasteiger charge is -2.10. The lowest BCUT2D eigenvalue weighted by molar-refractivity contribution is 1.06. The molecule has 0 saturated carbocycles. The summed E-state index contributed by atoms with van der Waals surface area (Å²) in [4.78, 5) is 13.6. The van der Waals surface area contributed by atoms with Gasteiger partial charge in [0.25, 0.3) is 0 Å². The molecule has 7 aromatic rings. The third-order valence-electron chi connectivity index (χ3n) is 6.82. The largest absolute Gasteiger partial charge is 0.309 e. The Labute approximate surface area is 224 Å². The van der Waals surface area contributed by atoms with Crippen LogP contribution in [0.25, 0.3) is 61.4 Å². The van der Waals surface area contributed by atoms with Gasteiger partial charge in [0.15, 0.2) is 11.6 Å². The third-order valence-corrected chi connectivity index (χ3v) is 6.99. The minimum atomic E-state index is 0.170. The topological polar surface area (TPSA) is 43.6 Å². The van der Waals surface area contributed by atoms with Crippen LogP contribution < -0.4 is 0 Å². The Morgan fingerprint density at radius 1 is 0.421 bits per heavy atom. The number of nitrogens with zero attached hydrogens (tertiary/aromatic N) is 4. The predicted octanol–water partition coefficient (Wildman–Crippen LogP) is 8.62. The van der Waals surface area contributed by atoms with Gasteiger partial charge in [-0.1, -0.05) is 91.0 Å². The number of rotatable bonds is 4. The molecule has 0 aliphatic heterocycles. The molecule has 180 valence electrons. The van der Waals surface area contributed by atoms with Crippen molar-refractivity contribution in [1.29, 1.82) is 0 Å². The molecule has 0 atom stereocenters. The number of halogens is 1. The van der Waals surface area contributed by atoms with E-state index < -0.39 is 0 Å². The number of benzene rings is 5. The van der Waals surface area contributed by atoms with Crippen molar-refractivity contribution < 1.29 is 0 Å². The zero-order chi connectivity index (χ0) is 25.5. The first-order valence-corrected chi connectivity index (χ1v) is 12.8. The van der Waals surface area contributed by atoms with Crippen LogP contribution in [0, 0.1) is 0 Å². The van der Waals surface area contributed by atoms with E-state index in [9.17, 15) is 0 Å². The molecule has 0 unspecified atom stereocenters. The van der Waals surface area contributed by atoms with E-state index in [2.05, 4.69) is 99.5 Å². The molecular formula is C33H21ClN4. The minimum Gasteiger partial charge on any atom is -0.309 e. The molecule has 5 aromatic carbocycles. The summed E-state index contributed by atoms with van der Waals surface area (Å²) in [6.45, 7) is 0. The summed E-state index contributed by atoms with van der Waals surface area (Å²) in [7, 11) is 0. The fourth-order valence-electron chi connectivity index (χ4n) is 5.01. The van der Waals surface area contributed by atoms with Crippen molar-refractivity contribution >= 4 is 33.4 Å². The van der Waals surface area contributed by atoms with Gasteiger partial charge in [-0.3, -0.25) is 0 Å². The summed E-state index contributed by atoms with van der Waals surface area (Å²) in [5.74, 6) is 1.09. The lowest BCUT2D eigenvalue weighted by atomic mass is 10.0. The summed E-state index contributed by atoms with van der Waals surface area (Å²) in [5.41, 5.74) is 7.48. The maximum atomic E-state index is 6.35. The molecule has 0 saturated heterocycles. The van der Waals surface area contributed by atoms with Crippen molar-refractivity contribution in [2.75, 3.05) is 0 Å². The summed E-state index contributed by atoms with van der Waals surface area (Å²) < 4.78 is 2.29. The first-order chi connectivity index (χ1) is 18.7. The summed E-state index contributed by atoms with van der Waals surface area (Å²) in [6, 6.07) is 43.7. The first-order valence-electron chi connectivity index (χ1n) is 12.4. The van der Waals surface area contributed by atoms with Crippen molar-refractivity contribution in [1.82, 2.24) is 19.5 Å². The minimum absolute atomic E-state index is 0.170. The highest BCUT2D eigenvalue weighted by atomic mass is 35.5. The molecule has 0 bridgehead atoms. The Morgan fingerprint density at radius 2 is 0.868 bits per heavy atom. The number of hydrogen-bond acceptors (Lipinski definition) is 3. The number of para-hydroxylation sites is 2. The SMILES string of the molecule is Clc1nc(-c2ccc(-c3ccccc3)cc2)nc(-c2ccc(-n3c4ccccc4c4ccccc43)cc2)n1. The van der Waals surface area contributed by atoms with Gasteiger partial charge in [0.2, 0.25) is 5.28 Å². The number of fused-ring (bicyclic) bond motifs is 3. The molecule has 7 rings (SSSR count). The van der Waals surface area contributed by atoms with Crippen molar-refractivity contribution in [3.63, 3.8) is 0 Å². The Balaban J connectivity index is 1.25. The quantitative estimate of drug-likeness (QED) is 0.239. The van der Waals surface area contributed by atoms with E-state index in [1.165, 1.54) is 21.8 Å². The van der Waals surface area contributed by atoms with E-state index >= 15 is 0 Å². The van der Waals surface area contributed by atoms with E-state index in [-0.39, 0.29) is 5.28 Å². The van der Waals surface area contributed by atoms with E-state index in [0.717, 1.165) is 27.9 Å². The van der Waals surface area contributed by atoms with Crippen molar-refractivity contribution in [3.8, 4) is 39.6 Å². The average molecular weight is 509 g/mol. The van der Waals surface area contributed by atoms with Gasteiger partial charge in [-0.05, 0) is 59.1 Å². The van der Waals surface area contributed by atoms with Gasteiger partial charge < -0.3 is 4.57 Å². The fourth-order valence-corrected chi connectivity index (χ4v) is 5.17. The smallest absolute Gasteiger partial charge is 0.226 e. The molecule has 0 N–H and O–H groups in total. The zero-order valence-electron chi connectivity index (χ0n) is 20.3. The van der Waals surface area contributed by atoms with Crippen molar-refractivity contribution in [3.05, 3.63) is 133 Å². The molecule has 5 heteroatoms. The Hall–Kier alpha value is -4.80. The second-order valence-corrected chi connectivity index (χ2v) is 9.45.